The number of thiocarbonyl (C=S) groups is 6. The number of hydrogen-bond acceptors (Lipinski definition) is 24. The summed E-state index contributed by atoms with van der Waals surface area (Å²) in [5, 5.41) is 0. The molecule has 24 heteroatoms. The number of hydrogen-bond donors (Lipinski definition) is 0. The van der Waals surface area contributed by atoms with Gasteiger partial charge in [-0.3, -0.25) is 0 Å². The van der Waals surface area contributed by atoms with Crippen molar-refractivity contribution in [1.82, 2.24) is 0 Å². The minimum atomic E-state index is -1.10. The van der Waals surface area contributed by atoms with E-state index in [9.17, 15) is 0 Å². The predicted octanol–water partition coefficient (Wildman–Crippen LogP) is 10.8. The van der Waals surface area contributed by atoms with E-state index in [0.717, 1.165) is 33.4 Å². The molecular weight excluding hydrogens is 1170 g/mol. The monoisotopic (exact) mass is 1210 g/mol. The number of rotatable bonds is 20. The molecule has 0 bridgehead atoms. The van der Waals surface area contributed by atoms with Crippen LogP contribution in [-0.2, 0) is 33.8 Å². The van der Waals surface area contributed by atoms with Gasteiger partial charge in [0.1, 0.15) is 76.3 Å². The Balaban J connectivity index is 1.11. The maximum absolute atomic E-state index is 6.88. The summed E-state index contributed by atoms with van der Waals surface area (Å²) in [5.74, 6) is 6.27. The van der Waals surface area contributed by atoms with Gasteiger partial charge >= 0.3 is 0 Å². The van der Waals surface area contributed by atoms with E-state index in [2.05, 4.69) is 48.5 Å². The van der Waals surface area contributed by atoms with E-state index in [1.54, 1.807) is 0 Å². The van der Waals surface area contributed by atoms with Crippen LogP contribution in [0.4, 0.5) is 0 Å². The number of thioether (sulfide) groups is 6. The van der Waals surface area contributed by atoms with Crippen LogP contribution in [0.25, 0.3) is 11.1 Å². The molecule has 6 heterocycles. The third-order valence-corrected chi connectivity index (χ3v) is 20.2. The molecule has 382 valence electrons. The number of fused-ring (bicyclic) bond motifs is 3. The fourth-order valence-electron chi connectivity index (χ4n) is 9.09. The van der Waals surface area contributed by atoms with Crippen LogP contribution >= 0.6 is 144 Å². The van der Waals surface area contributed by atoms with E-state index in [1.165, 1.54) is 70.6 Å². The topological polar surface area (TPSA) is 111 Å². The lowest BCUT2D eigenvalue weighted by atomic mass is 9.67. The fraction of sp³-hybridized carbons (Fsp3) is 0.388. The van der Waals surface area contributed by atoms with Gasteiger partial charge in [0.15, 0.2) is 23.0 Å². The molecule has 11 rings (SSSR count). The molecule has 7 aliphatic rings. The van der Waals surface area contributed by atoms with Gasteiger partial charge in [-0.1, -0.05) is 119 Å². The average Bonchev–Trinajstić information content (AvgIpc) is 4.29. The summed E-state index contributed by atoms with van der Waals surface area (Å²) in [6.45, 7) is 1.06. The maximum Gasteiger partial charge on any atom is 0.220 e. The second-order valence-corrected chi connectivity index (χ2v) is 26.8. The Bertz CT molecular complexity index is 2560. The van der Waals surface area contributed by atoms with Crippen LogP contribution in [0, 0.1) is 0 Å². The summed E-state index contributed by atoms with van der Waals surface area (Å²) in [6, 6.07) is 25.0. The summed E-state index contributed by atoms with van der Waals surface area (Å²) >= 11 is 41.4. The van der Waals surface area contributed by atoms with Crippen LogP contribution in [0.1, 0.15) is 22.3 Å². The largest absolute Gasteiger partial charge is 0.486 e. The second kappa shape index (κ2) is 23.4. The molecule has 0 saturated carbocycles. The second-order valence-electron chi connectivity index (χ2n) is 17.1. The van der Waals surface area contributed by atoms with E-state index in [0.29, 0.717) is 95.3 Å². The quantitative estimate of drug-likeness (QED) is 0.0689. The zero-order valence-electron chi connectivity index (χ0n) is 38.2. The molecule has 4 aromatic rings. The Morgan fingerprint density at radius 1 is 0.370 bits per heavy atom. The van der Waals surface area contributed by atoms with Crippen molar-refractivity contribution in [2.75, 3.05) is 74.2 Å². The summed E-state index contributed by atoms with van der Waals surface area (Å²) < 4.78 is 79.9. The Hall–Kier alpha value is -2.88. The highest BCUT2D eigenvalue weighted by Gasteiger charge is 2.48. The molecule has 0 spiro atoms. The Labute approximate surface area is 479 Å². The first-order chi connectivity index (χ1) is 35.5. The summed E-state index contributed by atoms with van der Waals surface area (Å²) in [5.41, 5.74) is 4.55. The standard InChI is InChI=1S/C49H42O12S12/c62-43-56-27(19-68-43)13-50-37-9-25(10-38(51-14-28-20-69-44(63)57-28)41(37)54-17-31-23-72-47(66)60-31)49(35-7-3-1-5-33(35)34-6-2-4-8-36(34)49)26-11-39(52-15-29-21-70-45(64)58-29)42(55-18-32-24-73-48(67)61-32)40(12-26)53-16-30-22-71-46(65)59-30/h1-12,27-32H,13-24H2. The predicted molar refractivity (Wildman–Crippen MR) is 316 cm³/mol. The molecule has 12 nitrogen and oxygen atoms in total. The van der Waals surface area contributed by atoms with Crippen LogP contribution in [0.5, 0.6) is 34.5 Å². The molecular formula is C49H42O12S12. The molecule has 4 aromatic carbocycles. The first-order valence-electron chi connectivity index (χ1n) is 22.9. The van der Waals surface area contributed by atoms with Crippen molar-refractivity contribution in [1.29, 1.82) is 0 Å². The van der Waals surface area contributed by atoms with Crippen molar-refractivity contribution >= 4 is 170 Å². The van der Waals surface area contributed by atoms with Crippen molar-refractivity contribution < 1.29 is 56.8 Å². The first-order valence-corrected chi connectivity index (χ1v) is 31.3. The van der Waals surface area contributed by atoms with Gasteiger partial charge in [-0.25, -0.2) is 0 Å². The van der Waals surface area contributed by atoms with Crippen LogP contribution in [0.15, 0.2) is 72.8 Å². The molecule has 6 atom stereocenters. The van der Waals surface area contributed by atoms with E-state index < -0.39 is 5.41 Å². The van der Waals surface area contributed by atoms with Crippen molar-refractivity contribution in [3.05, 3.63) is 95.1 Å². The Kier molecular flexibility index (Phi) is 16.7. The van der Waals surface area contributed by atoms with E-state index in [1.807, 2.05) is 24.3 Å². The van der Waals surface area contributed by atoms with Gasteiger partial charge in [0, 0.05) is 34.5 Å². The third-order valence-electron chi connectivity index (χ3n) is 12.3. The van der Waals surface area contributed by atoms with Crippen molar-refractivity contribution in [3.8, 4) is 45.6 Å². The summed E-state index contributed by atoms with van der Waals surface area (Å²) in [7, 11) is 0. The van der Waals surface area contributed by atoms with Crippen LogP contribution in [-0.4, -0.2) is 137 Å². The Morgan fingerprint density at radius 3 is 0.863 bits per heavy atom. The highest BCUT2D eigenvalue weighted by Crippen LogP contribution is 2.60. The van der Waals surface area contributed by atoms with Crippen LogP contribution in [0.2, 0.25) is 0 Å². The Morgan fingerprint density at radius 2 is 0.616 bits per heavy atom. The van der Waals surface area contributed by atoms with Gasteiger partial charge in [-0.05, 0) is 131 Å². The molecule has 6 unspecified atom stereocenters. The molecule has 73 heavy (non-hydrogen) atoms. The summed E-state index contributed by atoms with van der Waals surface area (Å²) in [4.78, 5) is 0. The molecule has 6 fully saturated rings. The van der Waals surface area contributed by atoms with Gasteiger partial charge in [0.2, 0.25) is 37.8 Å². The van der Waals surface area contributed by atoms with Crippen LogP contribution in [0.3, 0.4) is 0 Å². The molecule has 0 aromatic heterocycles. The first kappa shape index (κ1) is 52.2. The molecule has 6 aliphatic heterocycles. The van der Waals surface area contributed by atoms with E-state index in [4.69, 9.17) is 130 Å². The lowest BCUT2D eigenvalue weighted by Gasteiger charge is -2.36. The smallest absolute Gasteiger partial charge is 0.220 e. The number of benzene rings is 4. The lowest BCUT2D eigenvalue weighted by Crippen LogP contribution is -2.30. The van der Waals surface area contributed by atoms with E-state index in [-0.39, 0.29) is 76.3 Å². The number of ether oxygens (including phenoxy) is 12. The highest BCUT2D eigenvalue weighted by atomic mass is 32.2. The zero-order valence-corrected chi connectivity index (χ0v) is 48.0. The molecule has 0 N–H and O–H groups in total. The molecule has 0 radical (unpaired) electrons. The van der Waals surface area contributed by atoms with Gasteiger partial charge in [0.05, 0.1) is 5.41 Å². The van der Waals surface area contributed by atoms with Gasteiger partial charge < -0.3 is 56.8 Å². The minimum Gasteiger partial charge on any atom is -0.486 e. The maximum atomic E-state index is 6.88. The SMILES string of the molecule is S=C1OC(COc2cc(C3(c4cc(OCC5CSC(=S)O5)c(OCC5CSC(=S)O5)c(OCC5CSC(=S)O5)c4)c4ccccc4-c4ccccc43)cc(OCC3CSC(=S)O3)c2OCC2CSC(=S)O2)CS1. The van der Waals surface area contributed by atoms with Crippen molar-refractivity contribution in [3.63, 3.8) is 0 Å². The van der Waals surface area contributed by atoms with Crippen LogP contribution < -0.4 is 28.4 Å². The van der Waals surface area contributed by atoms with Gasteiger partial charge in [-0.2, -0.15) is 0 Å². The van der Waals surface area contributed by atoms with Gasteiger partial charge in [0.25, 0.3) is 0 Å². The van der Waals surface area contributed by atoms with E-state index >= 15 is 0 Å². The average molecular weight is 1210 g/mol. The zero-order chi connectivity index (χ0) is 50.1. The third kappa shape index (κ3) is 11.7. The minimum absolute atomic E-state index is 0.176. The lowest BCUT2D eigenvalue weighted by molar-refractivity contribution is 0.121. The fourth-order valence-corrected chi connectivity index (χ4v) is 15.3. The van der Waals surface area contributed by atoms with Crippen molar-refractivity contribution in [2.45, 2.75) is 42.0 Å². The van der Waals surface area contributed by atoms with Crippen molar-refractivity contribution in [2.24, 2.45) is 0 Å². The summed E-state index contributed by atoms with van der Waals surface area (Å²) in [6.07, 6.45) is -1.81. The molecule has 6 saturated heterocycles. The normalized spacial score (nSPS) is 24.5. The van der Waals surface area contributed by atoms with Gasteiger partial charge in [-0.15, -0.1) is 0 Å². The molecule has 0 amide bonds. The molecule has 1 aliphatic carbocycles. The highest BCUT2D eigenvalue weighted by molar-refractivity contribution is 8.24.